The van der Waals surface area contributed by atoms with Crippen LogP contribution in [0, 0.1) is 0 Å². The Labute approximate surface area is 102 Å². The fourth-order valence-electron chi connectivity index (χ4n) is 1.77. The molecule has 1 aliphatic heterocycles. The minimum Gasteiger partial charge on any atom is -0.507 e. The Balaban J connectivity index is 2.19. The molecule has 16 heavy (non-hydrogen) atoms. The summed E-state index contributed by atoms with van der Waals surface area (Å²) in [4.78, 5) is 13.4. The molecular weight excluding hydrogens is 274 g/mol. The van der Waals surface area contributed by atoms with Gasteiger partial charge in [-0.25, -0.2) is 0 Å². The Morgan fingerprint density at radius 1 is 1.50 bits per heavy atom. The van der Waals surface area contributed by atoms with Gasteiger partial charge in [-0.1, -0.05) is 15.9 Å². The highest BCUT2D eigenvalue weighted by molar-refractivity contribution is 9.10. The molecule has 2 rings (SSSR count). The van der Waals surface area contributed by atoms with Crippen LogP contribution >= 0.6 is 15.9 Å². The van der Waals surface area contributed by atoms with Gasteiger partial charge < -0.3 is 15.1 Å². The van der Waals surface area contributed by atoms with Crippen LogP contribution in [0.25, 0.3) is 0 Å². The highest BCUT2D eigenvalue weighted by atomic mass is 79.9. The number of carbonyl (C=O) groups is 1. The van der Waals surface area contributed by atoms with Gasteiger partial charge in [-0.3, -0.25) is 4.79 Å². The zero-order valence-electron chi connectivity index (χ0n) is 8.77. The van der Waals surface area contributed by atoms with Crippen molar-refractivity contribution >= 4 is 21.8 Å². The topological polar surface area (TPSA) is 60.8 Å². The highest BCUT2D eigenvalue weighted by Crippen LogP contribution is 2.27. The first kappa shape index (κ1) is 11.4. The number of aromatic hydroxyl groups is 1. The first-order chi connectivity index (χ1) is 7.39. The number of hydrogen-bond donors (Lipinski definition) is 2. The molecule has 0 radical (unpaired) electrons. The fourth-order valence-corrected chi connectivity index (χ4v) is 2.13. The Kier molecular flexibility index (Phi) is 2.67. The maximum atomic E-state index is 11.9. The minimum absolute atomic E-state index is 0.0419. The van der Waals surface area contributed by atoms with Crippen molar-refractivity contribution in [1.82, 2.24) is 4.90 Å². The maximum Gasteiger partial charge on any atom is 0.257 e. The van der Waals surface area contributed by atoms with Gasteiger partial charge in [-0.2, -0.15) is 0 Å². The number of carbonyl (C=O) groups excluding carboxylic acids is 1. The molecule has 1 aliphatic rings. The number of likely N-dealkylation sites (tertiary alicyclic amines) is 1. The zero-order valence-corrected chi connectivity index (χ0v) is 10.4. The summed E-state index contributed by atoms with van der Waals surface area (Å²) >= 11 is 3.24. The monoisotopic (exact) mass is 285 g/mol. The summed E-state index contributed by atoms with van der Waals surface area (Å²) in [5, 5.41) is 19.1. The highest BCUT2D eigenvalue weighted by Gasteiger charge is 2.40. The number of β-amino-alcohol motifs (C(OH)–C–C–N with tert-alkyl or cyclic N) is 1. The van der Waals surface area contributed by atoms with Gasteiger partial charge in [-0.05, 0) is 25.1 Å². The first-order valence-electron chi connectivity index (χ1n) is 4.89. The summed E-state index contributed by atoms with van der Waals surface area (Å²) in [6.07, 6.45) is 0. The van der Waals surface area contributed by atoms with E-state index in [9.17, 15) is 15.0 Å². The number of benzene rings is 1. The molecule has 1 saturated heterocycles. The van der Waals surface area contributed by atoms with Crippen molar-refractivity contribution in [3.63, 3.8) is 0 Å². The van der Waals surface area contributed by atoms with Crippen molar-refractivity contribution in [3.05, 3.63) is 28.2 Å². The van der Waals surface area contributed by atoms with Crippen molar-refractivity contribution < 1.29 is 15.0 Å². The summed E-state index contributed by atoms with van der Waals surface area (Å²) in [6.45, 7) is 2.28. The van der Waals surface area contributed by atoms with E-state index in [0.717, 1.165) is 4.47 Å². The van der Waals surface area contributed by atoms with Crippen molar-refractivity contribution in [2.75, 3.05) is 13.1 Å². The predicted molar refractivity (Wildman–Crippen MR) is 62.3 cm³/mol. The number of nitrogens with zero attached hydrogens (tertiary/aromatic N) is 1. The lowest BCUT2D eigenvalue weighted by molar-refractivity contribution is -0.0669. The maximum absolute atomic E-state index is 11.9. The molecule has 86 valence electrons. The van der Waals surface area contributed by atoms with Gasteiger partial charge in [0.1, 0.15) is 5.75 Å². The number of amides is 1. The third kappa shape index (κ3) is 2.05. The second-order valence-electron chi connectivity index (χ2n) is 4.32. The molecule has 1 aromatic rings. The van der Waals surface area contributed by atoms with E-state index in [1.54, 1.807) is 19.1 Å². The van der Waals surface area contributed by atoms with Crippen LogP contribution in [0.1, 0.15) is 17.3 Å². The lowest BCUT2D eigenvalue weighted by atomic mass is 9.96. The van der Waals surface area contributed by atoms with E-state index < -0.39 is 5.60 Å². The summed E-state index contributed by atoms with van der Waals surface area (Å²) in [6, 6.07) is 4.71. The third-order valence-corrected chi connectivity index (χ3v) is 3.03. The van der Waals surface area contributed by atoms with Crippen LogP contribution in [-0.2, 0) is 0 Å². The number of aliphatic hydroxyl groups is 1. The van der Waals surface area contributed by atoms with Crippen LogP contribution in [0.3, 0.4) is 0 Å². The van der Waals surface area contributed by atoms with Crippen molar-refractivity contribution in [2.24, 2.45) is 0 Å². The Bertz CT molecular complexity index is 437. The van der Waals surface area contributed by atoms with Gasteiger partial charge >= 0.3 is 0 Å². The Morgan fingerprint density at radius 2 is 2.12 bits per heavy atom. The van der Waals surface area contributed by atoms with E-state index in [2.05, 4.69) is 15.9 Å². The number of rotatable bonds is 1. The molecule has 0 aliphatic carbocycles. The standard InChI is InChI=1S/C11H12BrNO3/c1-11(16)5-13(6-11)10(15)8-4-7(12)2-3-9(8)14/h2-4,14,16H,5-6H2,1H3. The van der Waals surface area contributed by atoms with E-state index >= 15 is 0 Å². The van der Waals surface area contributed by atoms with Crippen molar-refractivity contribution in [1.29, 1.82) is 0 Å². The molecule has 0 unspecified atom stereocenters. The molecule has 1 fully saturated rings. The summed E-state index contributed by atoms with van der Waals surface area (Å²) in [7, 11) is 0. The molecule has 1 heterocycles. The van der Waals surface area contributed by atoms with Gasteiger partial charge in [0.25, 0.3) is 5.91 Å². The molecule has 0 aromatic heterocycles. The first-order valence-corrected chi connectivity index (χ1v) is 5.68. The zero-order chi connectivity index (χ0) is 11.9. The lowest BCUT2D eigenvalue weighted by Gasteiger charge is -2.44. The number of phenols is 1. The van der Waals surface area contributed by atoms with Crippen molar-refractivity contribution in [3.8, 4) is 5.75 Å². The average Bonchev–Trinajstić information content (AvgIpc) is 2.17. The predicted octanol–water partition coefficient (Wildman–Crippen LogP) is 1.36. The number of halogens is 1. The fraction of sp³-hybridized carbons (Fsp3) is 0.364. The van der Waals surface area contributed by atoms with E-state index in [0.29, 0.717) is 13.1 Å². The third-order valence-electron chi connectivity index (χ3n) is 2.54. The molecule has 1 aromatic carbocycles. The van der Waals surface area contributed by atoms with Crippen LogP contribution in [-0.4, -0.2) is 39.7 Å². The molecule has 4 nitrogen and oxygen atoms in total. The molecule has 0 bridgehead atoms. The van der Waals surface area contributed by atoms with E-state index in [-0.39, 0.29) is 17.2 Å². The van der Waals surface area contributed by atoms with Crippen molar-refractivity contribution in [2.45, 2.75) is 12.5 Å². The van der Waals surface area contributed by atoms with Crippen LogP contribution in [0.15, 0.2) is 22.7 Å². The van der Waals surface area contributed by atoms with Gasteiger partial charge in [0.2, 0.25) is 0 Å². The van der Waals surface area contributed by atoms with Crippen LogP contribution in [0.5, 0.6) is 5.75 Å². The number of phenolic OH excluding ortho intramolecular Hbond substituents is 1. The molecule has 2 N–H and O–H groups in total. The van der Waals surface area contributed by atoms with Gasteiger partial charge in [0.05, 0.1) is 24.3 Å². The van der Waals surface area contributed by atoms with Gasteiger partial charge in [0.15, 0.2) is 0 Å². The molecule has 0 saturated carbocycles. The van der Waals surface area contributed by atoms with Gasteiger partial charge in [-0.15, -0.1) is 0 Å². The second kappa shape index (κ2) is 3.75. The summed E-state index contributed by atoms with van der Waals surface area (Å²) in [5.41, 5.74) is -0.540. The quantitative estimate of drug-likeness (QED) is 0.819. The van der Waals surface area contributed by atoms with E-state index in [1.807, 2.05) is 0 Å². The smallest absolute Gasteiger partial charge is 0.257 e. The van der Waals surface area contributed by atoms with E-state index in [1.165, 1.54) is 11.0 Å². The SMILES string of the molecule is CC1(O)CN(C(=O)c2cc(Br)ccc2O)C1. The Hall–Kier alpha value is -1.07. The molecule has 0 spiro atoms. The minimum atomic E-state index is -0.794. The average molecular weight is 286 g/mol. The lowest BCUT2D eigenvalue weighted by Crippen LogP contribution is -2.61. The normalized spacial score (nSPS) is 18.1. The molecular formula is C11H12BrNO3. The van der Waals surface area contributed by atoms with Crippen LogP contribution in [0.4, 0.5) is 0 Å². The van der Waals surface area contributed by atoms with Crippen LogP contribution in [0.2, 0.25) is 0 Å². The van der Waals surface area contributed by atoms with Gasteiger partial charge in [0, 0.05) is 4.47 Å². The Morgan fingerprint density at radius 3 is 2.69 bits per heavy atom. The second-order valence-corrected chi connectivity index (χ2v) is 5.24. The number of hydrogen-bond acceptors (Lipinski definition) is 3. The summed E-state index contributed by atoms with van der Waals surface area (Å²) < 4.78 is 0.737. The molecule has 5 heteroatoms. The summed E-state index contributed by atoms with van der Waals surface area (Å²) in [5.74, 6) is -0.301. The molecule has 1 amide bonds. The largest absolute Gasteiger partial charge is 0.507 e. The van der Waals surface area contributed by atoms with Crippen LogP contribution < -0.4 is 0 Å². The molecule has 0 atom stereocenters. The van der Waals surface area contributed by atoms with E-state index in [4.69, 9.17) is 0 Å².